The van der Waals surface area contributed by atoms with Crippen LogP contribution in [-0.2, 0) is 0 Å². The number of hydrogen-bond acceptors (Lipinski definition) is 3. The first-order valence-electron chi connectivity index (χ1n) is 8.36. The molecule has 1 N–H and O–H groups in total. The summed E-state index contributed by atoms with van der Waals surface area (Å²) in [6, 6.07) is 0. The van der Waals surface area contributed by atoms with Gasteiger partial charge in [-0.3, -0.25) is 10.4 Å². The second-order valence-corrected chi connectivity index (χ2v) is 6.32. The number of hydrogen-bond donors (Lipinski definition) is 1. The van der Waals surface area contributed by atoms with Gasteiger partial charge in [0, 0.05) is 33.0 Å². The van der Waals surface area contributed by atoms with Crippen LogP contribution in [0.15, 0.2) is 72.3 Å². The maximum atomic E-state index is 3.81. The van der Waals surface area contributed by atoms with Crippen molar-refractivity contribution < 1.29 is 0 Å². The van der Waals surface area contributed by atoms with Crippen molar-refractivity contribution in [3.8, 4) is 0 Å². The van der Waals surface area contributed by atoms with Gasteiger partial charge in [0.2, 0.25) is 0 Å². The van der Waals surface area contributed by atoms with Gasteiger partial charge in [0.1, 0.15) is 0 Å². The molecular formula is C20H29N3. The first-order chi connectivity index (χ1) is 11.1. The summed E-state index contributed by atoms with van der Waals surface area (Å²) < 4.78 is 0. The van der Waals surface area contributed by atoms with E-state index in [-0.39, 0.29) is 0 Å². The molecule has 0 radical (unpaired) electrons. The molecule has 1 heterocycles. The maximum Gasteiger partial charge on any atom is 0.0542 e. The van der Waals surface area contributed by atoms with Gasteiger partial charge in [0.25, 0.3) is 0 Å². The number of hydrazine groups is 1. The summed E-state index contributed by atoms with van der Waals surface area (Å²) in [5, 5.41) is 2.05. The fourth-order valence-corrected chi connectivity index (χ4v) is 2.50. The number of unbranched alkanes of at least 4 members (excludes halogenated alkanes) is 1. The van der Waals surface area contributed by atoms with Crippen LogP contribution in [0, 0.1) is 5.92 Å². The fourth-order valence-electron chi connectivity index (χ4n) is 2.50. The molecule has 0 saturated heterocycles. The molecule has 0 atom stereocenters. The number of allylic oxidation sites excluding steroid dienone is 8. The molecule has 0 aromatic carbocycles. The van der Waals surface area contributed by atoms with E-state index >= 15 is 0 Å². The molecule has 23 heavy (non-hydrogen) atoms. The van der Waals surface area contributed by atoms with Crippen LogP contribution in [0.5, 0.6) is 0 Å². The summed E-state index contributed by atoms with van der Waals surface area (Å²) >= 11 is 0. The molecule has 1 aliphatic heterocycles. The Labute approximate surface area is 141 Å². The highest BCUT2D eigenvalue weighted by molar-refractivity contribution is 5.35. The Balaban J connectivity index is 1.76. The van der Waals surface area contributed by atoms with Gasteiger partial charge < -0.3 is 4.90 Å². The van der Waals surface area contributed by atoms with E-state index < -0.39 is 0 Å². The molecule has 2 rings (SSSR count). The van der Waals surface area contributed by atoms with Crippen LogP contribution in [0.2, 0.25) is 0 Å². The zero-order chi connectivity index (χ0) is 16.7. The number of nitrogens with zero attached hydrogens (tertiary/aromatic N) is 2. The first-order valence-corrected chi connectivity index (χ1v) is 8.36. The second kappa shape index (κ2) is 8.47. The van der Waals surface area contributed by atoms with Crippen molar-refractivity contribution in [3.63, 3.8) is 0 Å². The number of nitrogens with one attached hydrogen (secondary N) is 1. The van der Waals surface area contributed by atoms with E-state index in [0.29, 0.717) is 0 Å². The quantitative estimate of drug-likeness (QED) is 0.537. The van der Waals surface area contributed by atoms with Gasteiger partial charge in [0.15, 0.2) is 0 Å². The summed E-state index contributed by atoms with van der Waals surface area (Å²) in [5.74, 6) is 0.786. The van der Waals surface area contributed by atoms with Gasteiger partial charge in [-0.2, -0.15) is 0 Å². The van der Waals surface area contributed by atoms with Crippen molar-refractivity contribution in [1.82, 2.24) is 15.3 Å². The molecule has 3 nitrogen and oxygen atoms in total. The largest absolute Gasteiger partial charge is 0.378 e. The van der Waals surface area contributed by atoms with Crippen molar-refractivity contribution in [2.45, 2.75) is 25.7 Å². The monoisotopic (exact) mass is 311 g/mol. The fraction of sp³-hybridized carbons (Fsp3) is 0.400. The Morgan fingerprint density at radius 3 is 2.74 bits per heavy atom. The first kappa shape index (κ1) is 17.2. The van der Waals surface area contributed by atoms with E-state index in [1.165, 1.54) is 24.1 Å². The summed E-state index contributed by atoms with van der Waals surface area (Å²) in [7, 11) is 6.10. The third kappa shape index (κ3) is 5.85. The van der Waals surface area contributed by atoms with E-state index in [2.05, 4.69) is 71.6 Å². The highest BCUT2D eigenvalue weighted by Gasteiger charge is 2.26. The van der Waals surface area contributed by atoms with Gasteiger partial charge in [-0.05, 0) is 61.5 Å². The van der Waals surface area contributed by atoms with Crippen molar-refractivity contribution in [1.29, 1.82) is 0 Å². The molecule has 0 spiro atoms. The lowest BCUT2D eigenvalue weighted by molar-refractivity contribution is 0.364. The van der Waals surface area contributed by atoms with E-state index in [9.17, 15) is 0 Å². The van der Waals surface area contributed by atoms with Crippen molar-refractivity contribution in [2.75, 3.05) is 21.1 Å². The van der Waals surface area contributed by atoms with Gasteiger partial charge in [-0.25, -0.2) is 0 Å². The molecule has 1 aliphatic carbocycles. The number of likely N-dealkylation sites (N-methyl/N-ethyl adjacent to an activating group) is 1. The second-order valence-electron chi connectivity index (χ2n) is 6.32. The van der Waals surface area contributed by atoms with E-state index in [4.69, 9.17) is 0 Å². The Kier molecular flexibility index (Phi) is 6.33. The molecule has 1 fully saturated rings. The molecule has 1 saturated carbocycles. The number of rotatable bonds is 8. The molecule has 2 aliphatic rings. The topological polar surface area (TPSA) is 18.5 Å². The molecule has 0 unspecified atom stereocenters. The Hall–Kier alpha value is -2.16. The maximum absolute atomic E-state index is 3.81. The molecule has 0 amide bonds. The van der Waals surface area contributed by atoms with E-state index in [1.807, 2.05) is 20.2 Å². The molecular weight excluding hydrogens is 282 g/mol. The van der Waals surface area contributed by atoms with Crippen molar-refractivity contribution >= 4 is 0 Å². The highest BCUT2D eigenvalue weighted by Crippen LogP contribution is 2.38. The third-order valence-corrected chi connectivity index (χ3v) is 3.95. The lowest BCUT2D eigenvalue weighted by Gasteiger charge is -2.24. The van der Waals surface area contributed by atoms with Crippen LogP contribution >= 0.6 is 0 Å². The minimum Gasteiger partial charge on any atom is -0.378 e. The molecule has 0 aromatic heterocycles. The van der Waals surface area contributed by atoms with Crippen LogP contribution in [-0.4, -0.2) is 31.1 Å². The minimum absolute atomic E-state index is 0.786. The Bertz CT molecular complexity index is 557. The molecule has 3 heteroatoms. The predicted molar refractivity (Wildman–Crippen MR) is 99.3 cm³/mol. The molecule has 124 valence electrons. The van der Waals surface area contributed by atoms with Gasteiger partial charge >= 0.3 is 0 Å². The van der Waals surface area contributed by atoms with Crippen LogP contribution in [0.25, 0.3) is 0 Å². The minimum atomic E-state index is 0.786. The standard InChI is InChI=1S/C20H29N3/c1-5-20(22(2)3)12-10-8-6-7-9-11-19-15-18(17-13-14-17)16-23(4)21-19/h5,8-12,15-17,21H,1,6-7,13-14H2,2-4H3/b10-8-,11-9-,20-12+. The Morgan fingerprint density at radius 1 is 1.35 bits per heavy atom. The van der Waals surface area contributed by atoms with Crippen molar-refractivity contribution in [2.24, 2.45) is 5.92 Å². The summed E-state index contributed by atoms with van der Waals surface area (Å²) in [6.07, 6.45) is 21.9. The Morgan fingerprint density at radius 2 is 2.09 bits per heavy atom. The average molecular weight is 311 g/mol. The van der Waals surface area contributed by atoms with Crippen LogP contribution in [0.1, 0.15) is 25.7 Å². The highest BCUT2D eigenvalue weighted by atomic mass is 15.5. The SMILES string of the molecule is C=C/C(=C\C=C/CC/C=C\C1=CC(C2CC2)=CN(C)N1)N(C)C. The van der Waals surface area contributed by atoms with Crippen molar-refractivity contribution in [3.05, 3.63) is 72.3 Å². The molecule has 0 aromatic rings. The lowest BCUT2D eigenvalue weighted by atomic mass is 10.1. The smallest absolute Gasteiger partial charge is 0.0542 e. The normalized spacial score (nSPS) is 18.9. The third-order valence-electron chi connectivity index (χ3n) is 3.95. The van der Waals surface area contributed by atoms with Crippen LogP contribution < -0.4 is 5.43 Å². The lowest BCUT2D eigenvalue weighted by Crippen LogP contribution is -2.31. The summed E-state index contributed by atoms with van der Waals surface area (Å²) in [4.78, 5) is 2.06. The van der Waals surface area contributed by atoms with Crippen LogP contribution in [0.4, 0.5) is 0 Å². The zero-order valence-corrected chi connectivity index (χ0v) is 14.6. The zero-order valence-electron chi connectivity index (χ0n) is 14.6. The predicted octanol–water partition coefficient (Wildman–Crippen LogP) is 4.14. The van der Waals surface area contributed by atoms with Gasteiger partial charge in [-0.1, -0.05) is 24.8 Å². The van der Waals surface area contributed by atoms with E-state index in [1.54, 1.807) is 0 Å². The van der Waals surface area contributed by atoms with Crippen LogP contribution in [0.3, 0.4) is 0 Å². The van der Waals surface area contributed by atoms with Gasteiger partial charge in [0.05, 0.1) is 5.70 Å². The summed E-state index contributed by atoms with van der Waals surface area (Å²) in [5.41, 5.74) is 7.11. The molecule has 0 bridgehead atoms. The van der Waals surface area contributed by atoms with E-state index in [0.717, 1.165) is 24.5 Å². The average Bonchev–Trinajstić information content (AvgIpc) is 3.34. The summed E-state index contributed by atoms with van der Waals surface area (Å²) in [6.45, 7) is 3.81. The van der Waals surface area contributed by atoms with Gasteiger partial charge in [-0.15, -0.1) is 0 Å².